The number of nitrogens with zero attached hydrogens (tertiary/aromatic N) is 2. The maximum absolute atomic E-state index is 12.4. The number of imide groups is 1. The van der Waals surface area contributed by atoms with Crippen molar-refractivity contribution in [3.05, 3.63) is 65.7 Å². The van der Waals surface area contributed by atoms with Gasteiger partial charge in [0.05, 0.1) is 17.0 Å². The van der Waals surface area contributed by atoms with Crippen LogP contribution in [-0.4, -0.2) is 35.9 Å². The number of carbonyl (C=O) groups is 3. The Morgan fingerprint density at radius 2 is 1.52 bits per heavy atom. The quantitative estimate of drug-likeness (QED) is 0.805. The van der Waals surface area contributed by atoms with E-state index in [9.17, 15) is 14.4 Å². The lowest BCUT2D eigenvalue weighted by Gasteiger charge is -2.19. The van der Waals surface area contributed by atoms with Crippen LogP contribution in [0.15, 0.2) is 54.6 Å². The maximum atomic E-state index is 12.4. The highest BCUT2D eigenvalue weighted by atomic mass is 16.7. The van der Waals surface area contributed by atoms with Crippen LogP contribution in [0.2, 0.25) is 0 Å². The minimum absolute atomic E-state index is 0.262. The standard InChI is InChI=1S/C19H16N2O4/c22-17-15-8-4-5-9-16(15)18(23)21(17)25-19(24)13-10-11-20(12-13)14-6-2-1-3-7-14/h1-9,13H,10-12H2. The van der Waals surface area contributed by atoms with E-state index in [0.717, 1.165) is 12.2 Å². The number of hydrogen-bond acceptors (Lipinski definition) is 5. The number of anilines is 1. The first-order chi connectivity index (χ1) is 12.1. The fraction of sp³-hybridized carbons (Fsp3) is 0.211. The second-order valence-corrected chi connectivity index (χ2v) is 6.13. The predicted molar refractivity (Wildman–Crippen MR) is 89.8 cm³/mol. The molecule has 0 aliphatic carbocycles. The van der Waals surface area contributed by atoms with Crippen molar-refractivity contribution in [2.75, 3.05) is 18.0 Å². The zero-order valence-electron chi connectivity index (χ0n) is 13.4. The van der Waals surface area contributed by atoms with Crippen LogP contribution in [0.3, 0.4) is 0 Å². The normalized spacial score (nSPS) is 19.3. The van der Waals surface area contributed by atoms with Crippen molar-refractivity contribution in [1.29, 1.82) is 0 Å². The number of fused-ring (bicyclic) bond motifs is 1. The summed E-state index contributed by atoms with van der Waals surface area (Å²) in [5.41, 5.74) is 1.56. The topological polar surface area (TPSA) is 66.9 Å². The Labute approximate surface area is 144 Å². The van der Waals surface area contributed by atoms with Crippen LogP contribution in [0.4, 0.5) is 5.69 Å². The third kappa shape index (κ3) is 2.65. The number of rotatable bonds is 3. The minimum atomic E-state index is -0.591. The van der Waals surface area contributed by atoms with E-state index in [1.807, 2.05) is 30.3 Å². The van der Waals surface area contributed by atoms with Gasteiger partial charge in [0.1, 0.15) is 0 Å². The Balaban J connectivity index is 1.44. The molecule has 25 heavy (non-hydrogen) atoms. The molecule has 2 aromatic rings. The van der Waals surface area contributed by atoms with Crippen LogP contribution >= 0.6 is 0 Å². The Kier molecular flexibility index (Phi) is 3.72. The highest BCUT2D eigenvalue weighted by Crippen LogP contribution is 2.27. The fourth-order valence-electron chi connectivity index (χ4n) is 3.24. The summed E-state index contributed by atoms with van der Waals surface area (Å²) in [6, 6.07) is 16.2. The van der Waals surface area contributed by atoms with Crippen molar-refractivity contribution in [2.45, 2.75) is 6.42 Å². The monoisotopic (exact) mass is 336 g/mol. The molecule has 1 unspecified atom stereocenters. The van der Waals surface area contributed by atoms with Gasteiger partial charge >= 0.3 is 5.97 Å². The Hall–Kier alpha value is -3.15. The summed E-state index contributed by atoms with van der Waals surface area (Å²) in [4.78, 5) is 44.2. The van der Waals surface area contributed by atoms with Crippen LogP contribution in [0.25, 0.3) is 0 Å². The maximum Gasteiger partial charge on any atom is 0.338 e. The molecule has 0 radical (unpaired) electrons. The molecule has 2 amide bonds. The lowest BCUT2D eigenvalue weighted by Crippen LogP contribution is -2.36. The molecule has 2 aliphatic rings. The van der Waals surface area contributed by atoms with Crippen LogP contribution in [0.1, 0.15) is 27.1 Å². The SMILES string of the molecule is O=C(ON1C(=O)c2ccccc2C1=O)C1CCN(c2ccccc2)C1. The summed E-state index contributed by atoms with van der Waals surface area (Å²) in [5, 5.41) is 0.582. The summed E-state index contributed by atoms with van der Waals surface area (Å²) < 4.78 is 0. The first-order valence-corrected chi connectivity index (χ1v) is 8.15. The van der Waals surface area contributed by atoms with Gasteiger partial charge in [-0.25, -0.2) is 4.79 Å². The van der Waals surface area contributed by atoms with E-state index in [1.54, 1.807) is 24.3 Å². The van der Waals surface area contributed by atoms with Gasteiger partial charge in [-0.3, -0.25) is 9.59 Å². The van der Waals surface area contributed by atoms with Crippen molar-refractivity contribution in [3.8, 4) is 0 Å². The Morgan fingerprint density at radius 3 is 2.16 bits per heavy atom. The third-order valence-corrected chi connectivity index (χ3v) is 4.58. The number of hydroxylamine groups is 2. The first kappa shape index (κ1) is 15.4. The van der Waals surface area contributed by atoms with Crippen molar-refractivity contribution >= 4 is 23.5 Å². The number of carbonyl (C=O) groups excluding carboxylic acids is 3. The van der Waals surface area contributed by atoms with E-state index in [4.69, 9.17) is 4.84 Å². The van der Waals surface area contributed by atoms with Gasteiger partial charge < -0.3 is 9.74 Å². The second kappa shape index (κ2) is 6.05. The third-order valence-electron chi connectivity index (χ3n) is 4.58. The molecule has 2 aliphatic heterocycles. The van der Waals surface area contributed by atoms with Crippen LogP contribution in [0, 0.1) is 5.92 Å². The van der Waals surface area contributed by atoms with E-state index >= 15 is 0 Å². The highest BCUT2D eigenvalue weighted by Gasteiger charge is 2.40. The molecule has 0 bridgehead atoms. The van der Waals surface area contributed by atoms with E-state index in [-0.39, 0.29) is 17.0 Å². The summed E-state index contributed by atoms with van der Waals surface area (Å²) in [6.07, 6.45) is 0.622. The van der Waals surface area contributed by atoms with Gasteiger partial charge in [0.25, 0.3) is 11.8 Å². The summed E-state index contributed by atoms with van der Waals surface area (Å²) in [6.45, 7) is 1.23. The Bertz CT molecular complexity index is 815. The zero-order valence-corrected chi connectivity index (χ0v) is 13.4. The molecule has 1 saturated heterocycles. The van der Waals surface area contributed by atoms with E-state index in [2.05, 4.69) is 4.90 Å². The fourth-order valence-corrected chi connectivity index (χ4v) is 3.24. The molecule has 1 atom stereocenters. The molecule has 0 saturated carbocycles. The lowest BCUT2D eigenvalue weighted by molar-refractivity contribution is -0.172. The van der Waals surface area contributed by atoms with Gasteiger partial charge in [0, 0.05) is 18.8 Å². The molecule has 0 N–H and O–H groups in total. The highest BCUT2D eigenvalue weighted by molar-refractivity contribution is 6.20. The number of para-hydroxylation sites is 1. The molecular weight excluding hydrogens is 320 g/mol. The van der Waals surface area contributed by atoms with Gasteiger partial charge in [-0.1, -0.05) is 35.4 Å². The van der Waals surface area contributed by atoms with Crippen molar-refractivity contribution in [1.82, 2.24) is 5.06 Å². The average Bonchev–Trinajstić information content (AvgIpc) is 3.23. The molecule has 6 nitrogen and oxygen atoms in total. The average molecular weight is 336 g/mol. The minimum Gasteiger partial charge on any atom is -0.371 e. The number of amides is 2. The molecule has 6 heteroatoms. The molecule has 1 fully saturated rings. The van der Waals surface area contributed by atoms with E-state index in [1.165, 1.54) is 0 Å². The van der Waals surface area contributed by atoms with Gasteiger partial charge in [-0.05, 0) is 30.7 Å². The molecule has 126 valence electrons. The predicted octanol–water partition coefficient (Wildman–Crippen LogP) is 2.27. The van der Waals surface area contributed by atoms with Gasteiger partial charge in [-0.15, -0.1) is 0 Å². The first-order valence-electron chi connectivity index (χ1n) is 8.15. The second-order valence-electron chi connectivity index (χ2n) is 6.13. The van der Waals surface area contributed by atoms with Gasteiger partial charge in [-0.2, -0.15) is 0 Å². The lowest BCUT2D eigenvalue weighted by atomic mass is 10.1. The summed E-state index contributed by atoms with van der Waals surface area (Å²) >= 11 is 0. The smallest absolute Gasteiger partial charge is 0.338 e. The van der Waals surface area contributed by atoms with Crippen LogP contribution < -0.4 is 4.90 Å². The van der Waals surface area contributed by atoms with Crippen LogP contribution in [-0.2, 0) is 9.63 Å². The van der Waals surface area contributed by atoms with Crippen LogP contribution in [0.5, 0.6) is 0 Å². The number of hydrogen-bond donors (Lipinski definition) is 0. The Morgan fingerprint density at radius 1 is 0.920 bits per heavy atom. The van der Waals surface area contributed by atoms with Crippen molar-refractivity contribution in [3.63, 3.8) is 0 Å². The van der Waals surface area contributed by atoms with E-state index < -0.39 is 17.8 Å². The van der Waals surface area contributed by atoms with Gasteiger partial charge in [0.15, 0.2) is 0 Å². The van der Waals surface area contributed by atoms with Crippen molar-refractivity contribution in [2.24, 2.45) is 5.92 Å². The molecule has 2 heterocycles. The zero-order chi connectivity index (χ0) is 17.4. The molecule has 0 aromatic heterocycles. The molecule has 0 spiro atoms. The molecular formula is C19H16N2O4. The summed E-state index contributed by atoms with van der Waals surface area (Å²) in [5.74, 6) is -2.10. The van der Waals surface area contributed by atoms with E-state index in [0.29, 0.717) is 18.0 Å². The van der Waals surface area contributed by atoms with Gasteiger partial charge in [0.2, 0.25) is 0 Å². The van der Waals surface area contributed by atoms with Crippen molar-refractivity contribution < 1.29 is 19.2 Å². The molecule has 4 rings (SSSR count). The molecule has 2 aromatic carbocycles. The number of benzene rings is 2. The largest absolute Gasteiger partial charge is 0.371 e. The summed E-state index contributed by atoms with van der Waals surface area (Å²) in [7, 11) is 0.